The van der Waals surface area contributed by atoms with Crippen LogP contribution < -0.4 is 31.9 Å². The molecule has 0 aromatic carbocycles. The zero-order chi connectivity index (χ0) is 23.3. The number of halogens is 1. The van der Waals surface area contributed by atoms with Crippen molar-refractivity contribution in [3.8, 4) is 0 Å². The van der Waals surface area contributed by atoms with Crippen LogP contribution in [-0.2, 0) is 14.1 Å². The Bertz CT molecular complexity index is 694. The summed E-state index contributed by atoms with van der Waals surface area (Å²) in [5.74, 6) is -0.146. The lowest BCUT2D eigenvalue weighted by Crippen LogP contribution is -2.73. The lowest BCUT2D eigenvalue weighted by atomic mass is 9.88. The molecule has 9 nitrogen and oxygen atoms in total. The number of hydrogen-bond acceptors (Lipinski definition) is 8. The molecule has 0 bridgehead atoms. The molecule has 0 radical (unpaired) electrons. The minimum atomic E-state index is -2.23. The summed E-state index contributed by atoms with van der Waals surface area (Å²) < 4.78 is 18.5. The lowest BCUT2D eigenvalue weighted by Gasteiger charge is -2.44. The summed E-state index contributed by atoms with van der Waals surface area (Å²) in [7, 11) is -0.496. The van der Waals surface area contributed by atoms with E-state index in [1.54, 1.807) is 7.11 Å². The minimum absolute atomic E-state index is 0.0635. The molecule has 1 aliphatic carbocycles. The Morgan fingerprint density at radius 3 is 2.66 bits per heavy atom. The highest BCUT2D eigenvalue weighted by Gasteiger charge is 2.39. The van der Waals surface area contributed by atoms with Gasteiger partial charge >= 0.3 is 0 Å². The smallest absolute Gasteiger partial charge is 0.243 e. The second-order valence-corrected chi connectivity index (χ2v) is 13.6. The largest absolute Gasteiger partial charge is 0.380 e. The van der Waals surface area contributed by atoms with E-state index in [1.807, 2.05) is 13.3 Å². The molecule has 11 heteroatoms. The van der Waals surface area contributed by atoms with Crippen molar-refractivity contribution in [1.29, 1.82) is 0 Å². The second kappa shape index (κ2) is 11.8. The summed E-state index contributed by atoms with van der Waals surface area (Å²) in [6, 6.07) is 0.249. The highest BCUT2D eigenvalue weighted by Crippen LogP contribution is 2.46. The van der Waals surface area contributed by atoms with Gasteiger partial charge in [-0.05, 0) is 51.6 Å². The van der Waals surface area contributed by atoms with E-state index in [2.05, 4.69) is 38.5 Å². The second-order valence-electron chi connectivity index (χ2n) is 9.54. The number of hydrogen-bond donors (Lipinski definition) is 6. The molecule has 8 unspecified atom stereocenters. The van der Waals surface area contributed by atoms with Gasteiger partial charge in [-0.1, -0.05) is 6.58 Å². The highest BCUT2D eigenvalue weighted by molar-refractivity contribution is 7.63. The molecule has 3 fully saturated rings. The van der Waals surface area contributed by atoms with E-state index in [4.69, 9.17) is 16.3 Å². The van der Waals surface area contributed by atoms with Crippen molar-refractivity contribution in [3.63, 3.8) is 0 Å². The van der Waals surface area contributed by atoms with E-state index in [9.17, 15) is 9.36 Å². The number of rotatable bonds is 8. The molecule has 2 heterocycles. The van der Waals surface area contributed by atoms with Gasteiger partial charge in [0.1, 0.15) is 6.29 Å². The first-order valence-corrected chi connectivity index (χ1v) is 14.7. The predicted octanol–water partition coefficient (Wildman–Crippen LogP) is 0.167. The molecule has 2 aliphatic heterocycles. The van der Waals surface area contributed by atoms with E-state index in [-0.39, 0.29) is 53.6 Å². The van der Waals surface area contributed by atoms with E-state index in [1.165, 1.54) is 6.08 Å². The Kier molecular flexibility index (Phi) is 9.59. The van der Waals surface area contributed by atoms with Crippen molar-refractivity contribution < 1.29 is 14.1 Å². The van der Waals surface area contributed by atoms with Crippen molar-refractivity contribution >= 4 is 24.7 Å². The fraction of sp³-hybridized carbons (Fsp3) is 0.857. The Morgan fingerprint density at radius 2 is 1.97 bits per heavy atom. The first-order chi connectivity index (χ1) is 15.2. The zero-order valence-corrected chi connectivity index (χ0v) is 21.1. The van der Waals surface area contributed by atoms with E-state index in [0.717, 1.165) is 38.8 Å². The zero-order valence-electron chi connectivity index (χ0n) is 19.4. The molecular formula is C21H40ClN6O3P. The third kappa shape index (κ3) is 7.00. The summed E-state index contributed by atoms with van der Waals surface area (Å²) >= 11 is 6.64. The van der Waals surface area contributed by atoms with Crippen LogP contribution in [0.1, 0.15) is 25.7 Å². The summed E-state index contributed by atoms with van der Waals surface area (Å²) in [5, 5.41) is 20.5. The number of nitrogens with one attached hydrogen (secondary N) is 6. The van der Waals surface area contributed by atoms with Crippen LogP contribution in [0.15, 0.2) is 12.7 Å². The van der Waals surface area contributed by atoms with Crippen molar-refractivity contribution in [2.45, 2.75) is 73.4 Å². The van der Waals surface area contributed by atoms with Crippen LogP contribution in [0.25, 0.3) is 0 Å². The fourth-order valence-corrected chi connectivity index (χ4v) is 7.19. The van der Waals surface area contributed by atoms with Gasteiger partial charge in [0.15, 0.2) is 0 Å². The summed E-state index contributed by atoms with van der Waals surface area (Å²) in [6.07, 6.45) is 4.49. The van der Waals surface area contributed by atoms with Gasteiger partial charge in [-0.3, -0.25) is 26.1 Å². The Morgan fingerprint density at radius 1 is 1.19 bits per heavy atom. The average Bonchev–Trinajstić information content (AvgIpc) is 2.76. The van der Waals surface area contributed by atoms with Gasteiger partial charge in [-0.25, -0.2) is 0 Å². The van der Waals surface area contributed by atoms with Gasteiger partial charge in [0.25, 0.3) is 0 Å². The standard InChI is InChI=1S/C21H40ClN6O3P/c1-5-19(29)25-13-6-7-17(31-2)15(10-13)27-21-24-11-14(22)20(28-21)26-16-12-23-9-8-18(16)32(3,4)30/h5,13-18,20-21,23-24,26-28H,1,6-12H2,2-4H3,(H,25,29). The van der Waals surface area contributed by atoms with Gasteiger partial charge in [-0.2, -0.15) is 0 Å². The highest BCUT2D eigenvalue weighted by atomic mass is 35.5. The molecule has 2 saturated heterocycles. The van der Waals surface area contributed by atoms with Gasteiger partial charge in [0.05, 0.1) is 24.8 Å². The van der Waals surface area contributed by atoms with E-state index in [0.29, 0.717) is 6.54 Å². The van der Waals surface area contributed by atoms with Gasteiger partial charge < -0.3 is 19.9 Å². The third-order valence-electron chi connectivity index (χ3n) is 6.86. The molecule has 0 aromatic heterocycles. The molecule has 1 amide bonds. The Hall–Kier alpha value is -0.510. The quantitative estimate of drug-likeness (QED) is 0.162. The fourth-order valence-electron chi connectivity index (χ4n) is 5.15. The van der Waals surface area contributed by atoms with E-state index >= 15 is 0 Å². The number of alkyl halides is 1. The Balaban J connectivity index is 1.60. The number of carbonyl (C=O) groups is 1. The predicted molar refractivity (Wildman–Crippen MR) is 130 cm³/mol. The topological polar surface area (TPSA) is 116 Å². The van der Waals surface area contributed by atoms with Crippen LogP contribution in [0.4, 0.5) is 0 Å². The molecule has 1 saturated carbocycles. The van der Waals surface area contributed by atoms with Crippen molar-refractivity contribution in [1.82, 2.24) is 31.9 Å². The maximum Gasteiger partial charge on any atom is 0.243 e. The van der Waals surface area contributed by atoms with Crippen LogP contribution in [0, 0.1) is 0 Å². The maximum absolute atomic E-state index is 12.8. The number of methoxy groups -OCH3 is 1. The molecular weight excluding hydrogens is 451 g/mol. The van der Waals surface area contributed by atoms with Crippen molar-refractivity contribution in [2.24, 2.45) is 0 Å². The van der Waals surface area contributed by atoms with Crippen LogP contribution in [0.2, 0.25) is 0 Å². The number of piperidine rings is 1. The first kappa shape index (κ1) is 26.1. The summed E-state index contributed by atoms with van der Waals surface area (Å²) in [5.41, 5.74) is 0.140. The molecule has 184 valence electrons. The molecule has 0 aromatic rings. The number of carbonyl (C=O) groups excluding carboxylic acids is 1. The molecule has 6 N–H and O–H groups in total. The lowest BCUT2D eigenvalue weighted by molar-refractivity contribution is -0.117. The monoisotopic (exact) mass is 490 g/mol. The van der Waals surface area contributed by atoms with Crippen LogP contribution in [-0.4, -0.2) is 93.7 Å². The van der Waals surface area contributed by atoms with Crippen LogP contribution in [0.3, 0.4) is 0 Å². The molecule has 3 rings (SSSR count). The minimum Gasteiger partial charge on any atom is -0.380 e. The van der Waals surface area contributed by atoms with Crippen molar-refractivity contribution in [2.75, 3.05) is 40.1 Å². The number of amides is 1. The van der Waals surface area contributed by atoms with Crippen LogP contribution >= 0.6 is 18.7 Å². The number of ether oxygens (including phenoxy) is 1. The Labute approximate surface area is 196 Å². The molecule has 32 heavy (non-hydrogen) atoms. The molecule has 8 atom stereocenters. The first-order valence-electron chi connectivity index (χ1n) is 11.6. The SMILES string of the molecule is C=CC(=O)NC1CCC(OC)C(NC2NCC(Cl)C(NC3CNCCC3P(C)(C)=O)N2)C1. The van der Waals surface area contributed by atoms with Gasteiger partial charge in [0.2, 0.25) is 5.91 Å². The molecule has 3 aliphatic rings. The normalized spacial score (nSPS) is 38.8. The van der Waals surface area contributed by atoms with Gasteiger partial charge in [-0.15, -0.1) is 11.6 Å². The van der Waals surface area contributed by atoms with Gasteiger partial charge in [0, 0.05) is 44.0 Å². The maximum atomic E-state index is 12.8. The van der Waals surface area contributed by atoms with Crippen molar-refractivity contribution in [3.05, 3.63) is 12.7 Å². The summed E-state index contributed by atoms with van der Waals surface area (Å²) in [6.45, 7) is 9.61. The summed E-state index contributed by atoms with van der Waals surface area (Å²) in [4.78, 5) is 11.7. The molecule has 0 spiro atoms. The average molecular weight is 491 g/mol. The third-order valence-corrected chi connectivity index (χ3v) is 9.49. The van der Waals surface area contributed by atoms with E-state index < -0.39 is 7.14 Å². The van der Waals surface area contributed by atoms with Crippen LogP contribution in [0.5, 0.6) is 0 Å².